The van der Waals surface area contributed by atoms with E-state index in [1.807, 2.05) is 49.8 Å². The van der Waals surface area contributed by atoms with Crippen molar-refractivity contribution in [1.29, 1.82) is 0 Å². The van der Waals surface area contributed by atoms with Crippen molar-refractivity contribution >= 4 is 69.8 Å². The van der Waals surface area contributed by atoms with Gasteiger partial charge >= 0.3 is 31.6 Å². The molecule has 99 heavy (non-hydrogen) atoms. The monoisotopic (exact) mass is 1540 g/mol. The van der Waals surface area contributed by atoms with Gasteiger partial charge in [-0.05, 0) is 169 Å². The standard InChI is InChI=1S/2C14H16F3NO4S.C13H14F3NO3S2.C10H16O3S.C8H8F3NO3S.H2O/c2*1-18(11-3-2-4-12-13(11)21-12)23(19,20)10-7-5-9(6-8-10)22-14(15,16)17;1-17(10-3-2-8-21-9-10)22(18,19)12-6-4-11(5-7-12)20-13(14,15)16;1-10(2,3)13-9(11)12-8-5-4-6-14-7-8;1-12-16(13,14)7-4-2-6(3-5-7)15-8(9,10)11;/h2*5-8,11-13H,2-4H2,1H3;2-7,10H,8-9H2,1H3;4-5,8H,6-7H2,1-3H3;2-5,12H,1H3;1H2/t11-,12?,13-;11-,12-,13+;;;;/m00..../s1. The van der Waals surface area contributed by atoms with Crippen LogP contribution in [0.25, 0.3) is 0 Å². The highest BCUT2D eigenvalue weighted by Crippen LogP contribution is 2.42. The van der Waals surface area contributed by atoms with Gasteiger partial charge in [0.2, 0.25) is 40.1 Å². The highest BCUT2D eigenvalue weighted by atomic mass is 32.2. The summed E-state index contributed by atoms with van der Waals surface area (Å²) in [5.41, 5.74) is -0.484. The van der Waals surface area contributed by atoms with Gasteiger partial charge in [0.25, 0.3) is 0 Å². The van der Waals surface area contributed by atoms with Crippen LogP contribution in [-0.4, -0.2) is 189 Å². The molecular weight excluding hydrogens is 1470 g/mol. The number of nitrogens with one attached hydrogen (secondary N) is 1. The highest BCUT2D eigenvalue weighted by Gasteiger charge is 2.52. The number of thioether (sulfide) groups is 2. The molecule has 22 nitrogen and oxygen atoms in total. The number of hydrogen-bond donors (Lipinski definition) is 1. The lowest BCUT2D eigenvalue weighted by Crippen LogP contribution is -2.42. The van der Waals surface area contributed by atoms with Gasteiger partial charge < -0.3 is 43.4 Å². The Kier molecular flexibility index (Phi) is 29.2. The van der Waals surface area contributed by atoms with Crippen LogP contribution in [0, 0.1) is 0 Å². The zero-order valence-corrected chi connectivity index (χ0v) is 58.4. The molecule has 3 N–H and O–H groups in total. The van der Waals surface area contributed by atoms with E-state index in [9.17, 15) is 91.2 Å². The summed E-state index contributed by atoms with van der Waals surface area (Å²) >= 11 is 3.36. The lowest BCUT2D eigenvalue weighted by Gasteiger charge is -2.28. The van der Waals surface area contributed by atoms with Gasteiger partial charge in [-0.25, -0.2) is 43.2 Å². The van der Waals surface area contributed by atoms with Gasteiger partial charge in [0, 0.05) is 44.2 Å². The molecule has 0 aromatic heterocycles. The van der Waals surface area contributed by atoms with Crippen LogP contribution in [-0.2, 0) is 59.0 Å². The molecular formula is C59H72F12N4O18S6. The fraction of sp³-hybridized carbons (Fsp3) is 0.508. The predicted molar refractivity (Wildman–Crippen MR) is 338 cm³/mol. The summed E-state index contributed by atoms with van der Waals surface area (Å²) in [5, 5.41) is 0. The summed E-state index contributed by atoms with van der Waals surface area (Å²) in [7, 11) is -9.38. The first-order valence-corrected chi connectivity index (χ1v) is 37.4. The average Bonchev–Trinajstić information content (AvgIpc) is 1.72. The number of fused-ring (bicyclic) bond motifs is 2. The van der Waals surface area contributed by atoms with Crippen molar-refractivity contribution in [3.63, 3.8) is 0 Å². The molecule has 4 aromatic rings. The number of ether oxygens (including phenoxy) is 8. The number of halogens is 12. The van der Waals surface area contributed by atoms with Gasteiger partial charge in [-0.15, -0.1) is 52.7 Å². The second kappa shape index (κ2) is 34.5. The second-order valence-electron chi connectivity index (χ2n) is 22.7. The number of sulfonamides is 4. The first-order valence-electron chi connectivity index (χ1n) is 29.3. The van der Waals surface area contributed by atoms with Gasteiger partial charge in [-0.2, -0.15) is 36.4 Å². The zero-order chi connectivity index (χ0) is 73.0. The van der Waals surface area contributed by atoms with Crippen molar-refractivity contribution in [1.82, 2.24) is 17.6 Å². The molecule has 0 radical (unpaired) electrons. The van der Waals surface area contributed by atoms with E-state index in [1.54, 1.807) is 23.5 Å². The molecule has 556 valence electrons. The van der Waals surface area contributed by atoms with E-state index < -0.39 is 100 Å². The fourth-order valence-electron chi connectivity index (χ4n) is 9.77. The Labute approximate surface area is 573 Å². The number of carbonyl (C=O) groups is 1. The summed E-state index contributed by atoms with van der Waals surface area (Å²) in [6.45, 7) is 5.46. The Balaban J connectivity index is 0.000000226. The maximum absolute atomic E-state index is 12.6. The smallest absolute Gasteiger partial charge is 0.429 e. The summed E-state index contributed by atoms with van der Waals surface area (Å²) in [6, 6.07) is 15.8. The molecule has 0 amide bonds. The number of likely N-dealkylation sites (N-methyl/N-ethyl adjacent to an activating group) is 3. The third-order valence-corrected chi connectivity index (χ3v) is 23.7. The molecule has 4 fully saturated rings. The van der Waals surface area contributed by atoms with E-state index in [0.717, 1.165) is 140 Å². The van der Waals surface area contributed by atoms with Crippen LogP contribution < -0.4 is 23.7 Å². The third kappa shape index (κ3) is 26.5. The van der Waals surface area contributed by atoms with Gasteiger partial charge in [0.05, 0.1) is 49.9 Å². The van der Waals surface area contributed by atoms with E-state index in [2.05, 4.69) is 18.9 Å². The van der Waals surface area contributed by atoms with E-state index in [0.29, 0.717) is 18.6 Å². The molecule has 2 saturated heterocycles. The molecule has 0 bridgehead atoms. The van der Waals surface area contributed by atoms with Crippen molar-refractivity contribution in [2.75, 3.05) is 51.2 Å². The van der Waals surface area contributed by atoms with E-state index in [-0.39, 0.29) is 73.7 Å². The molecule has 6 aliphatic rings. The van der Waals surface area contributed by atoms with Crippen LogP contribution in [0.2, 0.25) is 0 Å². The predicted octanol–water partition coefficient (Wildman–Crippen LogP) is 11.2. The number of epoxide rings is 2. The van der Waals surface area contributed by atoms with E-state index in [4.69, 9.17) is 18.9 Å². The molecule has 8 atom stereocenters. The topological polar surface area (TPSA) is 287 Å². The van der Waals surface area contributed by atoms with Crippen LogP contribution in [0.3, 0.4) is 0 Å². The van der Waals surface area contributed by atoms with Crippen molar-refractivity contribution in [3.8, 4) is 23.0 Å². The summed E-state index contributed by atoms with van der Waals surface area (Å²) < 4.78 is 284. The van der Waals surface area contributed by atoms with Crippen LogP contribution in [0.15, 0.2) is 141 Å². The minimum atomic E-state index is -4.81. The first-order chi connectivity index (χ1) is 45.3. The highest BCUT2D eigenvalue weighted by molar-refractivity contribution is 7.99. The van der Waals surface area contributed by atoms with Crippen LogP contribution in [0.5, 0.6) is 23.0 Å². The van der Waals surface area contributed by atoms with E-state index in [1.165, 1.54) is 41.1 Å². The first kappa shape index (κ1) is 83.9. The summed E-state index contributed by atoms with van der Waals surface area (Å²) in [4.78, 5) is 10.9. The molecule has 4 heterocycles. The van der Waals surface area contributed by atoms with Crippen LogP contribution >= 0.6 is 23.5 Å². The zero-order valence-electron chi connectivity index (χ0n) is 53.5. The summed E-state index contributed by atoms with van der Waals surface area (Å²) in [5.74, 6) is 1.45. The largest absolute Gasteiger partial charge is 0.573 e. The Morgan fingerprint density at radius 1 is 0.485 bits per heavy atom. The minimum Gasteiger partial charge on any atom is -0.429 e. The lowest BCUT2D eigenvalue weighted by molar-refractivity contribution is -0.275. The maximum Gasteiger partial charge on any atom is 0.573 e. The quantitative estimate of drug-likeness (QED) is 0.0472. The minimum absolute atomic E-state index is 0. The number of nitrogens with zero attached hydrogens (tertiary/aromatic N) is 3. The van der Waals surface area contributed by atoms with Gasteiger partial charge in [-0.3, -0.25) is 0 Å². The van der Waals surface area contributed by atoms with Crippen molar-refractivity contribution in [2.45, 2.75) is 159 Å². The fourth-order valence-corrected chi connectivity index (χ4v) is 16.4. The van der Waals surface area contributed by atoms with Crippen molar-refractivity contribution in [2.24, 2.45) is 0 Å². The Bertz CT molecular complexity index is 3680. The average molecular weight is 1550 g/mol. The number of alkyl halides is 12. The number of benzene rings is 4. The van der Waals surface area contributed by atoms with Crippen LogP contribution in [0.1, 0.15) is 59.3 Å². The van der Waals surface area contributed by atoms with Crippen molar-refractivity contribution in [3.05, 3.63) is 121 Å². The Morgan fingerprint density at radius 2 is 0.808 bits per heavy atom. The van der Waals surface area contributed by atoms with Gasteiger partial charge in [0.15, 0.2) is 0 Å². The van der Waals surface area contributed by atoms with Crippen LogP contribution in [0.4, 0.5) is 57.5 Å². The maximum atomic E-state index is 12.6. The molecule has 3 unspecified atom stereocenters. The number of hydrogen-bond acceptors (Lipinski definition) is 19. The second-order valence-corrected chi connectivity index (χ2v) is 32.8. The molecule has 2 saturated carbocycles. The number of rotatable bonds is 16. The molecule has 0 spiro atoms. The SMILES string of the molecule is CC(C)(C)OC(=O)OC1C=CCSC1.CN(C1C=CCSC1)S(=O)(=O)c1ccc(OC(F)(F)F)cc1.CN([C@H]1CCCC2O[C@H]21)S(=O)(=O)c1ccc(OC(F)(F)F)cc1.CN([C@H]1CCC[C@@H]2O[C@@H]21)S(=O)(=O)c1ccc(OC(F)(F)F)cc1.CNS(=O)(=O)c1ccc(OC(F)(F)F)cc1.O. The third-order valence-electron chi connectivity index (χ3n) is 14.6. The van der Waals surface area contributed by atoms with E-state index >= 15 is 0 Å². The van der Waals surface area contributed by atoms with Gasteiger partial charge in [-0.1, -0.05) is 18.2 Å². The molecule has 40 heteroatoms. The lowest BCUT2D eigenvalue weighted by atomic mass is 9.96. The molecule has 4 aromatic carbocycles. The summed E-state index contributed by atoms with van der Waals surface area (Å²) in [6.07, 6.45) is -7.10. The molecule has 4 aliphatic heterocycles. The Morgan fingerprint density at radius 3 is 1.10 bits per heavy atom. The molecule has 2 aliphatic carbocycles. The van der Waals surface area contributed by atoms with Crippen molar-refractivity contribution < 1.29 is 135 Å². The van der Waals surface area contributed by atoms with Gasteiger partial charge in [0.1, 0.15) is 46.9 Å². The number of carbonyl (C=O) groups excluding carboxylic acids is 1. The molecule has 10 rings (SSSR count). The Hall–Kier alpha value is -5.79. The normalized spacial score (nSPS) is 22.2.